The number of rotatable bonds is 12. The van der Waals surface area contributed by atoms with E-state index in [2.05, 4.69) is 36.6 Å². The molecule has 2 aromatic carbocycles. The number of nitrogens with one attached hydrogen (secondary N) is 2. The maximum atomic E-state index is 12.6. The van der Waals surface area contributed by atoms with Crippen molar-refractivity contribution in [1.29, 1.82) is 0 Å². The van der Waals surface area contributed by atoms with Gasteiger partial charge in [0.05, 0.1) is 6.54 Å². The molecule has 2 N–H and O–H groups in total. The Hall–Kier alpha value is -3.90. The highest BCUT2D eigenvalue weighted by atomic mass is 16.2. The zero-order chi connectivity index (χ0) is 29.2. The largest absolute Gasteiger partial charge is 0.366 e. The predicted octanol–water partition coefficient (Wildman–Crippen LogP) is 6.73. The van der Waals surface area contributed by atoms with Crippen molar-refractivity contribution in [3.63, 3.8) is 0 Å². The van der Waals surface area contributed by atoms with Gasteiger partial charge in [-0.15, -0.1) is 0 Å². The molecule has 6 heteroatoms. The Labute approximate surface area is 241 Å². The van der Waals surface area contributed by atoms with Crippen molar-refractivity contribution in [1.82, 2.24) is 15.5 Å². The smallest absolute Gasteiger partial charge is 0.254 e. The molecule has 1 heterocycles. The third-order valence-corrected chi connectivity index (χ3v) is 6.20. The summed E-state index contributed by atoms with van der Waals surface area (Å²) >= 11 is 0. The van der Waals surface area contributed by atoms with E-state index in [9.17, 15) is 9.59 Å². The molecule has 0 bridgehead atoms. The van der Waals surface area contributed by atoms with Crippen molar-refractivity contribution in [2.75, 3.05) is 24.5 Å². The summed E-state index contributed by atoms with van der Waals surface area (Å²) in [5.41, 5.74) is 4.73. The van der Waals surface area contributed by atoms with Gasteiger partial charge < -0.3 is 20.4 Å². The monoisotopic (exact) mass is 542 g/mol. The number of amides is 2. The molecule has 40 heavy (non-hydrogen) atoms. The Kier molecular flexibility index (Phi) is 14.9. The van der Waals surface area contributed by atoms with Gasteiger partial charge in [0, 0.05) is 49.7 Å². The summed E-state index contributed by atoms with van der Waals surface area (Å²) < 4.78 is 0. The molecule has 2 aromatic rings. The Balaban J connectivity index is 0.00000178. The topological polar surface area (TPSA) is 64.7 Å². The lowest BCUT2D eigenvalue weighted by Gasteiger charge is -2.24. The first-order chi connectivity index (χ1) is 19.4. The summed E-state index contributed by atoms with van der Waals surface area (Å²) in [6.07, 6.45) is 16.2. The van der Waals surface area contributed by atoms with Crippen molar-refractivity contribution in [3.05, 3.63) is 114 Å². The molecule has 1 aliphatic rings. The highest BCUT2D eigenvalue weighted by Gasteiger charge is 2.18. The molecular weight excluding hydrogens is 496 g/mol. The van der Waals surface area contributed by atoms with Crippen molar-refractivity contribution in [2.24, 2.45) is 0 Å². The number of carbonyl (C=O) groups is 2. The molecule has 0 saturated carbocycles. The number of hydrogen-bond donors (Lipinski definition) is 2. The molecule has 0 unspecified atom stereocenters. The number of anilines is 1. The number of para-hydroxylation sites is 1. The summed E-state index contributed by atoms with van der Waals surface area (Å²) in [6, 6.07) is 15.6. The van der Waals surface area contributed by atoms with E-state index in [1.165, 1.54) is 6.42 Å². The summed E-state index contributed by atoms with van der Waals surface area (Å²) in [4.78, 5) is 28.8. The maximum absolute atomic E-state index is 12.6. The molecule has 2 amide bonds. The van der Waals surface area contributed by atoms with Gasteiger partial charge in [0.25, 0.3) is 5.91 Å². The number of hydrogen-bond acceptors (Lipinski definition) is 4. The van der Waals surface area contributed by atoms with Gasteiger partial charge in [0.2, 0.25) is 5.91 Å². The zero-order valence-corrected chi connectivity index (χ0v) is 24.8. The van der Waals surface area contributed by atoms with E-state index < -0.39 is 0 Å². The lowest BCUT2D eigenvalue weighted by molar-refractivity contribution is -0.116. The van der Waals surface area contributed by atoms with Gasteiger partial charge in [0.1, 0.15) is 0 Å². The maximum Gasteiger partial charge on any atom is 0.254 e. The Bertz CT molecular complexity index is 1170. The van der Waals surface area contributed by atoms with Crippen molar-refractivity contribution in [2.45, 2.75) is 60.5 Å². The molecule has 0 fully saturated rings. The molecule has 3 rings (SSSR count). The van der Waals surface area contributed by atoms with Crippen molar-refractivity contribution in [3.8, 4) is 0 Å². The second-order valence-corrected chi connectivity index (χ2v) is 9.69. The molecule has 1 aliphatic heterocycles. The molecule has 0 saturated heterocycles. The van der Waals surface area contributed by atoms with E-state index in [4.69, 9.17) is 0 Å². The summed E-state index contributed by atoms with van der Waals surface area (Å²) in [7, 11) is 0. The Morgan fingerprint density at radius 2 is 1.65 bits per heavy atom. The minimum absolute atomic E-state index is 0.0211. The van der Waals surface area contributed by atoms with Crippen LogP contribution in [0, 0.1) is 0 Å². The average molecular weight is 543 g/mol. The van der Waals surface area contributed by atoms with Crippen molar-refractivity contribution < 1.29 is 9.59 Å². The zero-order valence-electron chi connectivity index (χ0n) is 24.8. The van der Waals surface area contributed by atoms with Crippen LogP contribution in [0.1, 0.15) is 68.9 Å². The van der Waals surface area contributed by atoms with E-state index in [-0.39, 0.29) is 11.8 Å². The molecule has 6 nitrogen and oxygen atoms in total. The van der Waals surface area contributed by atoms with Crippen LogP contribution in [-0.4, -0.2) is 36.3 Å². The van der Waals surface area contributed by atoms with Crippen LogP contribution in [0.5, 0.6) is 0 Å². The fraction of sp³-hybridized carbons (Fsp3) is 0.353. The normalized spacial score (nSPS) is 13.0. The molecular formula is C34H46N4O2. The summed E-state index contributed by atoms with van der Waals surface area (Å²) in [5, 5.41) is 6.66. The van der Waals surface area contributed by atoms with E-state index in [0.29, 0.717) is 31.7 Å². The van der Waals surface area contributed by atoms with Gasteiger partial charge in [-0.1, -0.05) is 81.0 Å². The molecule has 0 aromatic heterocycles. The summed E-state index contributed by atoms with van der Waals surface area (Å²) in [6.45, 7) is 13.1. The number of carbonyl (C=O) groups excluding carboxylic acids is 2. The fourth-order valence-electron chi connectivity index (χ4n) is 3.95. The third-order valence-electron chi connectivity index (χ3n) is 6.20. The quantitative estimate of drug-likeness (QED) is 0.177. The van der Waals surface area contributed by atoms with Gasteiger partial charge in [-0.25, -0.2) is 0 Å². The van der Waals surface area contributed by atoms with Crippen LogP contribution in [0.2, 0.25) is 0 Å². The van der Waals surface area contributed by atoms with Gasteiger partial charge in [-0.3, -0.25) is 9.59 Å². The standard InChI is InChI=1S/C31H38N4O2.C3H8/c1-4-25(2)33-20-10-6-5-9-19-32-23-29-13-7-8-14-30(29)35(26(3)36)24-27-15-17-28(18-16-27)31(37)34-21-11-12-22-34;1-3-2/h4-8,10-18,20,32-33H,9,19,21-24H2,1-3H3;3H2,1-2H3/b6-5+,20-10-,25-4+;. The first-order valence-electron chi connectivity index (χ1n) is 14.2. The van der Waals surface area contributed by atoms with Crippen LogP contribution in [0.25, 0.3) is 0 Å². The highest BCUT2D eigenvalue weighted by Crippen LogP contribution is 2.23. The van der Waals surface area contributed by atoms with Gasteiger partial charge >= 0.3 is 0 Å². The lowest BCUT2D eigenvalue weighted by Crippen LogP contribution is -2.30. The van der Waals surface area contributed by atoms with E-state index >= 15 is 0 Å². The molecule has 0 spiro atoms. The van der Waals surface area contributed by atoms with E-state index in [0.717, 1.165) is 35.5 Å². The molecule has 0 aliphatic carbocycles. The SMILES string of the molecule is C/C=C(\C)N/C=C\C=C\CCNCc1ccccc1N(Cc1ccc(C(=O)N2CC=CC2)cc1)C(C)=O.CCC. The average Bonchev–Trinajstić information content (AvgIpc) is 3.51. The van der Waals surface area contributed by atoms with Crippen LogP contribution in [0.15, 0.2) is 96.9 Å². The fourth-order valence-corrected chi connectivity index (χ4v) is 3.95. The van der Waals surface area contributed by atoms with Crippen LogP contribution in [0.3, 0.4) is 0 Å². The van der Waals surface area contributed by atoms with Crippen LogP contribution in [0.4, 0.5) is 5.69 Å². The van der Waals surface area contributed by atoms with Gasteiger partial charge in [-0.2, -0.15) is 0 Å². The predicted molar refractivity (Wildman–Crippen MR) is 168 cm³/mol. The van der Waals surface area contributed by atoms with Gasteiger partial charge in [-0.05, 0) is 62.2 Å². The minimum atomic E-state index is -0.0211. The highest BCUT2D eigenvalue weighted by molar-refractivity contribution is 5.95. The van der Waals surface area contributed by atoms with Crippen LogP contribution < -0.4 is 15.5 Å². The van der Waals surface area contributed by atoms with Crippen molar-refractivity contribution >= 4 is 17.5 Å². The van der Waals surface area contributed by atoms with Crippen LogP contribution in [-0.2, 0) is 17.9 Å². The number of allylic oxidation sites excluding steroid dienone is 4. The molecule has 214 valence electrons. The minimum Gasteiger partial charge on any atom is -0.366 e. The van der Waals surface area contributed by atoms with E-state index in [1.807, 2.05) is 92.9 Å². The first kappa shape index (κ1) is 32.3. The number of benzene rings is 2. The van der Waals surface area contributed by atoms with E-state index in [1.54, 1.807) is 16.7 Å². The second kappa shape index (κ2) is 18.4. The summed E-state index contributed by atoms with van der Waals surface area (Å²) in [5.74, 6) is 0.00917. The molecule has 0 atom stereocenters. The van der Waals surface area contributed by atoms with Crippen LogP contribution >= 0.6 is 0 Å². The first-order valence-corrected chi connectivity index (χ1v) is 14.2. The Morgan fingerprint density at radius 3 is 2.30 bits per heavy atom. The Morgan fingerprint density at radius 1 is 0.975 bits per heavy atom. The lowest BCUT2D eigenvalue weighted by atomic mass is 10.1. The second-order valence-electron chi connectivity index (χ2n) is 9.69. The molecule has 0 radical (unpaired) electrons. The third kappa shape index (κ3) is 11.1. The van der Waals surface area contributed by atoms with Gasteiger partial charge in [0.15, 0.2) is 0 Å². The number of nitrogens with zero attached hydrogens (tertiary/aromatic N) is 2.